The van der Waals surface area contributed by atoms with E-state index in [0.29, 0.717) is 43.0 Å². The van der Waals surface area contributed by atoms with Crippen molar-refractivity contribution in [2.24, 2.45) is 5.92 Å². The molecule has 3 amide bonds. The molecular formula is C26H26F3N3O5. The topological polar surface area (TPSA) is 97.0 Å². The molecule has 2 aliphatic heterocycles. The molecule has 2 aromatic carbocycles. The number of carbonyl (C=O) groups excluding carboxylic acids is 3. The van der Waals surface area contributed by atoms with Gasteiger partial charge in [0.05, 0.1) is 5.56 Å². The van der Waals surface area contributed by atoms with E-state index in [0.717, 1.165) is 25.0 Å². The fourth-order valence-corrected chi connectivity index (χ4v) is 4.60. The molecule has 0 spiro atoms. The van der Waals surface area contributed by atoms with Crippen molar-refractivity contribution < 1.29 is 37.0 Å². The molecule has 1 atom stereocenters. The van der Waals surface area contributed by atoms with Gasteiger partial charge in [0.1, 0.15) is 6.04 Å². The van der Waals surface area contributed by atoms with Crippen molar-refractivity contribution in [3.8, 4) is 11.5 Å². The van der Waals surface area contributed by atoms with Crippen LogP contribution in [0.2, 0.25) is 0 Å². The Hall–Kier alpha value is -3.76. The summed E-state index contributed by atoms with van der Waals surface area (Å²) in [6.45, 7) is 0.714. The maximum absolute atomic E-state index is 13.1. The van der Waals surface area contributed by atoms with Gasteiger partial charge in [0.15, 0.2) is 11.5 Å². The van der Waals surface area contributed by atoms with Crippen LogP contribution in [0, 0.1) is 5.92 Å². The molecule has 1 saturated carbocycles. The Labute approximate surface area is 211 Å². The van der Waals surface area contributed by atoms with Crippen molar-refractivity contribution in [2.75, 3.05) is 19.9 Å². The Morgan fingerprint density at radius 2 is 1.54 bits per heavy atom. The zero-order chi connectivity index (χ0) is 26.2. The number of ether oxygens (including phenoxy) is 2. The van der Waals surface area contributed by atoms with E-state index < -0.39 is 23.7 Å². The van der Waals surface area contributed by atoms with Gasteiger partial charge >= 0.3 is 6.18 Å². The first-order chi connectivity index (χ1) is 17.7. The van der Waals surface area contributed by atoms with Crippen LogP contribution in [0.5, 0.6) is 11.5 Å². The van der Waals surface area contributed by atoms with Crippen LogP contribution >= 0.6 is 0 Å². The average Bonchev–Trinajstić information content (AvgIpc) is 3.58. The Morgan fingerprint density at radius 3 is 2.19 bits per heavy atom. The molecule has 2 N–H and O–H groups in total. The average molecular weight is 518 g/mol. The number of alkyl halides is 3. The third-order valence-corrected chi connectivity index (χ3v) is 6.88. The predicted octanol–water partition coefficient (Wildman–Crippen LogP) is 3.36. The van der Waals surface area contributed by atoms with Crippen LogP contribution in [0.1, 0.15) is 52.0 Å². The number of nitrogens with one attached hydrogen (secondary N) is 2. The molecule has 2 fully saturated rings. The first-order valence-corrected chi connectivity index (χ1v) is 12.2. The van der Waals surface area contributed by atoms with Gasteiger partial charge in [-0.3, -0.25) is 14.4 Å². The maximum atomic E-state index is 13.1. The van der Waals surface area contributed by atoms with Crippen LogP contribution in [-0.4, -0.2) is 54.6 Å². The number of benzene rings is 2. The van der Waals surface area contributed by atoms with E-state index >= 15 is 0 Å². The number of hydrogen-bond acceptors (Lipinski definition) is 5. The number of piperidine rings is 1. The molecule has 5 rings (SSSR count). The third kappa shape index (κ3) is 5.65. The van der Waals surface area contributed by atoms with Crippen molar-refractivity contribution in [3.05, 3.63) is 59.2 Å². The Morgan fingerprint density at radius 1 is 0.892 bits per heavy atom. The lowest BCUT2D eigenvalue weighted by atomic mass is 9.88. The van der Waals surface area contributed by atoms with Gasteiger partial charge in [-0.2, -0.15) is 13.2 Å². The summed E-state index contributed by atoms with van der Waals surface area (Å²) in [7, 11) is 0. The summed E-state index contributed by atoms with van der Waals surface area (Å²) in [6.07, 6.45) is -1.77. The largest absolute Gasteiger partial charge is 0.454 e. The lowest BCUT2D eigenvalue weighted by Crippen LogP contribution is -2.54. The quantitative estimate of drug-likeness (QED) is 0.613. The smallest absolute Gasteiger partial charge is 0.416 e. The van der Waals surface area contributed by atoms with Crippen molar-refractivity contribution in [1.29, 1.82) is 0 Å². The van der Waals surface area contributed by atoms with Gasteiger partial charge in [-0.1, -0.05) is 0 Å². The van der Waals surface area contributed by atoms with Crippen LogP contribution in [0.15, 0.2) is 42.5 Å². The summed E-state index contributed by atoms with van der Waals surface area (Å²) in [4.78, 5) is 40.5. The second kappa shape index (κ2) is 9.95. The van der Waals surface area contributed by atoms with Crippen LogP contribution in [-0.2, 0) is 11.0 Å². The highest BCUT2D eigenvalue weighted by Crippen LogP contribution is 2.33. The summed E-state index contributed by atoms with van der Waals surface area (Å²) in [6, 6.07) is 8.27. The zero-order valence-corrected chi connectivity index (χ0v) is 19.8. The molecule has 2 aromatic rings. The van der Waals surface area contributed by atoms with Crippen LogP contribution in [0.4, 0.5) is 13.2 Å². The van der Waals surface area contributed by atoms with Crippen LogP contribution in [0.25, 0.3) is 0 Å². The zero-order valence-electron chi connectivity index (χ0n) is 19.8. The highest BCUT2D eigenvalue weighted by Gasteiger charge is 2.37. The fourth-order valence-electron chi connectivity index (χ4n) is 4.60. The standard InChI is InChI=1S/C26H26F3N3O5/c27-26(28,29)18-4-1-16(2-5-18)25(35)32-11-9-15(10-12-32)22(24(34)30-19-6-7-19)31-23(33)17-3-8-20-21(13-17)37-14-36-20/h1-5,8,13,15,19,22H,6-7,9-12,14H2,(H,30,34)(H,31,33). The Bertz CT molecular complexity index is 1190. The van der Waals surface area contributed by atoms with E-state index in [1.165, 1.54) is 12.1 Å². The number of nitrogens with zero attached hydrogens (tertiary/aromatic N) is 1. The first kappa shape index (κ1) is 24.9. The lowest BCUT2D eigenvalue weighted by molar-refractivity contribution is -0.137. The molecule has 196 valence electrons. The van der Waals surface area contributed by atoms with Gasteiger partial charge in [0, 0.05) is 30.3 Å². The van der Waals surface area contributed by atoms with E-state index in [1.54, 1.807) is 23.1 Å². The van der Waals surface area contributed by atoms with Crippen LogP contribution < -0.4 is 20.1 Å². The second-order valence-corrected chi connectivity index (χ2v) is 9.51. The van der Waals surface area contributed by atoms with Gasteiger partial charge in [0.25, 0.3) is 11.8 Å². The molecule has 1 saturated heterocycles. The maximum Gasteiger partial charge on any atom is 0.416 e. The molecule has 0 radical (unpaired) electrons. The minimum absolute atomic E-state index is 0.0800. The molecule has 1 aliphatic carbocycles. The summed E-state index contributed by atoms with van der Waals surface area (Å²) in [5, 5.41) is 5.82. The first-order valence-electron chi connectivity index (χ1n) is 12.2. The summed E-state index contributed by atoms with van der Waals surface area (Å²) in [5.41, 5.74) is -0.306. The Kier molecular flexibility index (Phi) is 6.70. The number of hydrogen-bond donors (Lipinski definition) is 2. The highest BCUT2D eigenvalue weighted by atomic mass is 19.4. The lowest BCUT2D eigenvalue weighted by Gasteiger charge is -2.36. The normalized spacial score (nSPS) is 18.3. The SMILES string of the molecule is O=C(NC(C(=O)NC1CC1)C1CCN(C(=O)c2ccc(C(F)(F)F)cc2)CC1)c1ccc2c(c1)OCO2. The minimum Gasteiger partial charge on any atom is -0.454 e. The monoisotopic (exact) mass is 517 g/mol. The van der Waals surface area contributed by atoms with Crippen LogP contribution in [0.3, 0.4) is 0 Å². The van der Waals surface area contributed by atoms with E-state index in [2.05, 4.69) is 10.6 Å². The summed E-state index contributed by atoms with van der Waals surface area (Å²) in [5.74, 6) is -0.253. The fraction of sp³-hybridized carbons (Fsp3) is 0.423. The molecule has 0 bridgehead atoms. The van der Waals surface area contributed by atoms with Gasteiger partial charge < -0.3 is 25.0 Å². The predicted molar refractivity (Wildman–Crippen MR) is 125 cm³/mol. The van der Waals surface area contributed by atoms with Gasteiger partial charge in [-0.05, 0) is 74.1 Å². The molecular weight excluding hydrogens is 491 g/mol. The van der Waals surface area contributed by atoms with E-state index in [9.17, 15) is 27.6 Å². The van der Waals surface area contributed by atoms with E-state index in [1.807, 2.05) is 0 Å². The van der Waals surface area contributed by atoms with E-state index in [-0.39, 0.29) is 36.1 Å². The van der Waals surface area contributed by atoms with Crippen molar-refractivity contribution in [3.63, 3.8) is 0 Å². The minimum atomic E-state index is -4.47. The number of halogens is 3. The Balaban J connectivity index is 1.24. The third-order valence-electron chi connectivity index (χ3n) is 6.88. The van der Waals surface area contributed by atoms with Crippen molar-refractivity contribution >= 4 is 17.7 Å². The molecule has 1 unspecified atom stereocenters. The number of carbonyl (C=O) groups is 3. The summed E-state index contributed by atoms with van der Waals surface area (Å²) >= 11 is 0. The number of amides is 3. The number of likely N-dealkylation sites (tertiary alicyclic amines) is 1. The summed E-state index contributed by atoms with van der Waals surface area (Å²) < 4.78 is 49.1. The molecule has 8 nitrogen and oxygen atoms in total. The molecule has 0 aromatic heterocycles. The van der Waals surface area contributed by atoms with Gasteiger partial charge in [-0.15, -0.1) is 0 Å². The highest BCUT2D eigenvalue weighted by molar-refractivity contribution is 5.98. The van der Waals surface area contributed by atoms with E-state index in [4.69, 9.17) is 9.47 Å². The van der Waals surface area contributed by atoms with Crippen molar-refractivity contribution in [1.82, 2.24) is 15.5 Å². The molecule has 37 heavy (non-hydrogen) atoms. The van der Waals surface area contributed by atoms with Gasteiger partial charge in [-0.25, -0.2) is 0 Å². The number of fused-ring (bicyclic) bond motifs is 1. The molecule has 3 aliphatic rings. The molecule has 2 heterocycles. The second-order valence-electron chi connectivity index (χ2n) is 9.51. The van der Waals surface area contributed by atoms with Crippen molar-refractivity contribution in [2.45, 2.75) is 43.9 Å². The molecule has 11 heteroatoms. The number of rotatable bonds is 6. The van der Waals surface area contributed by atoms with Gasteiger partial charge in [0.2, 0.25) is 12.7 Å².